The van der Waals surface area contributed by atoms with Crippen LogP contribution in [0.1, 0.15) is 23.6 Å². The molecular weight excluding hydrogens is 373 g/mol. The predicted octanol–water partition coefficient (Wildman–Crippen LogP) is 4.32. The fourth-order valence-electron chi connectivity index (χ4n) is 2.65. The van der Waals surface area contributed by atoms with Gasteiger partial charge in [0, 0.05) is 22.7 Å². The van der Waals surface area contributed by atoms with Crippen LogP contribution in [0.25, 0.3) is 0 Å². The molecule has 0 saturated carbocycles. The van der Waals surface area contributed by atoms with E-state index >= 15 is 0 Å². The van der Waals surface area contributed by atoms with Gasteiger partial charge in [-0.15, -0.1) is 0 Å². The molecule has 2 aromatic rings. The van der Waals surface area contributed by atoms with E-state index in [4.69, 9.17) is 0 Å². The number of benzene rings is 2. The maximum atomic E-state index is 11.8. The van der Waals surface area contributed by atoms with Gasteiger partial charge in [-0.3, -0.25) is 4.79 Å². The van der Waals surface area contributed by atoms with Gasteiger partial charge in [0.1, 0.15) is 0 Å². The Morgan fingerprint density at radius 3 is 2.52 bits per heavy atom. The minimum Gasteiger partial charge on any atom is -0.366 e. The lowest BCUT2D eigenvalue weighted by atomic mass is 9.97. The largest absolute Gasteiger partial charge is 0.366 e. The molecule has 1 heterocycles. The van der Waals surface area contributed by atoms with Gasteiger partial charge in [0.2, 0.25) is 0 Å². The summed E-state index contributed by atoms with van der Waals surface area (Å²) < 4.78 is 1.21. The number of nitrogens with zero attached hydrogens (tertiary/aromatic N) is 1. The molecule has 0 radical (unpaired) electrons. The number of ketones is 1. The Hall–Kier alpha value is -1.62. The highest BCUT2D eigenvalue weighted by Crippen LogP contribution is 2.32. The standard InChI is InChI=1S/C18H16INO/c19-17-9-5-4-8-16(17)18-12-15(21)10-11-20(18)13-14-6-2-1-3-7-14/h1-11,18H,12-13H2/t18-/m1/s1. The molecule has 0 aliphatic carbocycles. The molecule has 0 spiro atoms. The van der Waals surface area contributed by atoms with E-state index in [1.807, 2.05) is 24.4 Å². The van der Waals surface area contributed by atoms with Crippen molar-refractivity contribution >= 4 is 28.4 Å². The SMILES string of the molecule is O=C1C=CN(Cc2ccccc2)[C@@H](c2ccccc2I)C1. The highest BCUT2D eigenvalue weighted by Gasteiger charge is 2.25. The molecule has 1 atom stereocenters. The van der Waals surface area contributed by atoms with Gasteiger partial charge < -0.3 is 4.90 Å². The van der Waals surface area contributed by atoms with Crippen molar-refractivity contribution in [3.8, 4) is 0 Å². The first-order chi connectivity index (χ1) is 10.2. The summed E-state index contributed by atoms with van der Waals surface area (Å²) in [4.78, 5) is 14.1. The van der Waals surface area contributed by atoms with Gasteiger partial charge in [-0.05, 0) is 45.9 Å². The average Bonchev–Trinajstić information content (AvgIpc) is 2.51. The van der Waals surface area contributed by atoms with Crippen molar-refractivity contribution in [2.45, 2.75) is 19.0 Å². The van der Waals surface area contributed by atoms with Gasteiger partial charge in [0.15, 0.2) is 5.78 Å². The first-order valence-corrected chi connectivity index (χ1v) is 8.07. The second-order valence-corrected chi connectivity index (χ2v) is 6.34. The Morgan fingerprint density at radius 2 is 1.76 bits per heavy atom. The van der Waals surface area contributed by atoms with Gasteiger partial charge in [-0.25, -0.2) is 0 Å². The molecule has 0 N–H and O–H groups in total. The van der Waals surface area contributed by atoms with Gasteiger partial charge in [0.05, 0.1) is 6.04 Å². The number of allylic oxidation sites excluding steroid dienone is 1. The van der Waals surface area contributed by atoms with Crippen LogP contribution in [0.4, 0.5) is 0 Å². The molecule has 0 bridgehead atoms. The van der Waals surface area contributed by atoms with Crippen molar-refractivity contribution in [3.05, 3.63) is 81.6 Å². The summed E-state index contributed by atoms with van der Waals surface area (Å²) in [5.74, 6) is 0.198. The van der Waals surface area contributed by atoms with Crippen LogP contribution in [-0.4, -0.2) is 10.7 Å². The molecular formula is C18H16INO. The summed E-state index contributed by atoms with van der Waals surface area (Å²) in [5.41, 5.74) is 2.49. The predicted molar refractivity (Wildman–Crippen MR) is 92.6 cm³/mol. The zero-order chi connectivity index (χ0) is 14.7. The molecule has 0 amide bonds. The van der Waals surface area contributed by atoms with Crippen LogP contribution in [0.5, 0.6) is 0 Å². The highest BCUT2D eigenvalue weighted by atomic mass is 127. The van der Waals surface area contributed by atoms with Crippen LogP contribution in [-0.2, 0) is 11.3 Å². The summed E-state index contributed by atoms with van der Waals surface area (Å²) in [6, 6.07) is 18.8. The molecule has 106 valence electrons. The van der Waals surface area contributed by atoms with E-state index < -0.39 is 0 Å². The number of rotatable bonds is 3. The van der Waals surface area contributed by atoms with E-state index in [1.54, 1.807) is 6.08 Å². The number of hydrogen-bond acceptors (Lipinski definition) is 2. The molecule has 0 unspecified atom stereocenters. The summed E-state index contributed by atoms with van der Waals surface area (Å²) in [6.45, 7) is 0.820. The fraction of sp³-hybridized carbons (Fsp3) is 0.167. The van der Waals surface area contributed by atoms with E-state index in [0.29, 0.717) is 6.42 Å². The summed E-state index contributed by atoms with van der Waals surface area (Å²) in [5, 5.41) is 0. The summed E-state index contributed by atoms with van der Waals surface area (Å²) >= 11 is 2.35. The third-order valence-corrected chi connectivity index (χ3v) is 4.70. The molecule has 21 heavy (non-hydrogen) atoms. The third kappa shape index (κ3) is 3.35. The Labute approximate surface area is 138 Å². The van der Waals surface area contributed by atoms with Crippen molar-refractivity contribution in [1.29, 1.82) is 0 Å². The third-order valence-electron chi connectivity index (χ3n) is 3.72. The van der Waals surface area contributed by atoms with E-state index in [1.165, 1.54) is 14.7 Å². The first kappa shape index (κ1) is 14.3. The number of carbonyl (C=O) groups excluding carboxylic acids is 1. The van der Waals surface area contributed by atoms with Crippen LogP contribution in [0, 0.1) is 3.57 Å². The van der Waals surface area contributed by atoms with Crippen molar-refractivity contribution < 1.29 is 4.79 Å². The van der Waals surface area contributed by atoms with E-state index in [2.05, 4.69) is 63.9 Å². The molecule has 1 aliphatic heterocycles. The Balaban J connectivity index is 1.91. The fourth-order valence-corrected chi connectivity index (χ4v) is 3.40. The monoisotopic (exact) mass is 389 g/mol. The Kier molecular flexibility index (Phi) is 4.39. The second-order valence-electron chi connectivity index (χ2n) is 5.18. The average molecular weight is 389 g/mol. The number of halogens is 1. The maximum Gasteiger partial charge on any atom is 0.159 e. The first-order valence-electron chi connectivity index (χ1n) is 6.99. The lowest BCUT2D eigenvalue weighted by molar-refractivity contribution is -0.116. The van der Waals surface area contributed by atoms with E-state index in [0.717, 1.165) is 6.54 Å². The highest BCUT2D eigenvalue weighted by molar-refractivity contribution is 14.1. The molecule has 0 saturated heterocycles. The van der Waals surface area contributed by atoms with Crippen LogP contribution in [0.3, 0.4) is 0 Å². The molecule has 2 nitrogen and oxygen atoms in total. The molecule has 0 aromatic heterocycles. The molecule has 3 heteroatoms. The molecule has 1 aliphatic rings. The minimum atomic E-state index is 0.121. The Bertz CT molecular complexity index is 666. The quantitative estimate of drug-likeness (QED) is 0.729. The summed E-state index contributed by atoms with van der Waals surface area (Å²) in [7, 11) is 0. The zero-order valence-electron chi connectivity index (χ0n) is 11.6. The number of carbonyl (C=O) groups is 1. The summed E-state index contributed by atoms with van der Waals surface area (Å²) in [6.07, 6.45) is 4.17. The van der Waals surface area contributed by atoms with Crippen LogP contribution in [0.15, 0.2) is 66.9 Å². The van der Waals surface area contributed by atoms with Crippen LogP contribution in [0.2, 0.25) is 0 Å². The topological polar surface area (TPSA) is 20.3 Å². The van der Waals surface area contributed by atoms with Crippen molar-refractivity contribution in [2.75, 3.05) is 0 Å². The van der Waals surface area contributed by atoms with Crippen molar-refractivity contribution in [3.63, 3.8) is 0 Å². The van der Waals surface area contributed by atoms with E-state index in [9.17, 15) is 4.79 Å². The van der Waals surface area contributed by atoms with Crippen LogP contribution >= 0.6 is 22.6 Å². The van der Waals surface area contributed by atoms with Gasteiger partial charge in [-0.1, -0.05) is 48.5 Å². The zero-order valence-corrected chi connectivity index (χ0v) is 13.7. The number of hydrogen-bond donors (Lipinski definition) is 0. The molecule has 0 fully saturated rings. The lowest BCUT2D eigenvalue weighted by Gasteiger charge is -2.33. The second kappa shape index (κ2) is 6.43. The Morgan fingerprint density at radius 1 is 1.05 bits per heavy atom. The minimum absolute atomic E-state index is 0.121. The lowest BCUT2D eigenvalue weighted by Crippen LogP contribution is -2.29. The van der Waals surface area contributed by atoms with Gasteiger partial charge in [0.25, 0.3) is 0 Å². The van der Waals surface area contributed by atoms with Crippen LogP contribution < -0.4 is 0 Å². The van der Waals surface area contributed by atoms with E-state index in [-0.39, 0.29) is 11.8 Å². The molecule has 2 aromatic carbocycles. The van der Waals surface area contributed by atoms with Gasteiger partial charge >= 0.3 is 0 Å². The van der Waals surface area contributed by atoms with Gasteiger partial charge in [-0.2, -0.15) is 0 Å². The smallest absolute Gasteiger partial charge is 0.159 e. The molecule has 3 rings (SSSR count). The van der Waals surface area contributed by atoms with Crippen molar-refractivity contribution in [2.24, 2.45) is 0 Å². The maximum absolute atomic E-state index is 11.8. The normalized spacial score (nSPS) is 18.0. The van der Waals surface area contributed by atoms with Crippen molar-refractivity contribution in [1.82, 2.24) is 4.90 Å².